The van der Waals surface area contributed by atoms with Gasteiger partial charge in [-0.2, -0.15) is 0 Å². The molecule has 1 aliphatic rings. The number of aliphatic carboxylic acids is 1. The summed E-state index contributed by atoms with van der Waals surface area (Å²) in [5, 5.41) is 11.8. The van der Waals surface area contributed by atoms with Crippen molar-refractivity contribution in [3.05, 3.63) is 83.3 Å². The van der Waals surface area contributed by atoms with Crippen molar-refractivity contribution < 1.29 is 23.8 Å². The van der Waals surface area contributed by atoms with Crippen molar-refractivity contribution in [2.75, 3.05) is 6.61 Å². The number of fused-ring (bicyclic) bond motifs is 3. The van der Waals surface area contributed by atoms with Gasteiger partial charge in [0.15, 0.2) is 0 Å². The molecule has 2 N–H and O–H groups in total. The second kappa shape index (κ2) is 8.45. The Bertz CT molecular complexity index is 1030. The third-order valence-electron chi connectivity index (χ3n) is 5.39. The fraction of sp³-hybridized carbons (Fsp3) is 0.250. The monoisotopic (exact) mass is 405 g/mol. The van der Waals surface area contributed by atoms with Crippen LogP contribution in [0.3, 0.4) is 0 Å². The maximum atomic E-state index is 12.5. The van der Waals surface area contributed by atoms with Crippen molar-refractivity contribution in [2.24, 2.45) is 0 Å². The first kappa shape index (κ1) is 19.8. The van der Waals surface area contributed by atoms with Gasteiger partial charge in [0.05, 0.1) is 6.42 Å². The van der Waals surface area contributed by atoms with Gasteiger partial charge in [-0.05, 0) is 34.4 Å². The Morgan fingerprint density at radius 1 is 1.03 bits per heavy atom. The quantitative estimate of drug-likeness (QED) is 0.584. The zero-order valence-corrected chi connectivity index (χ0v) is 16.6. The normalized spacial score (nSPS) is 13.4. The number of amides is 1. The second-order valence-electron chi connectivity index (χ2n) is 7.28. The summed E-state index contributed by atoms with van der Waals surface area (Å²) in [6, 6.07) is 18.8. The molecule has 6 heteroatoms. The van der Waals surface area contributed by atoms with Crippen LogP contribution in [0.15, 0.2) is 65.1 Å². The van der Waals surface area contributed by atoms with Crippen LogP contribution in [-0.2, 0) is 16.0 Å². The van der Waals surface area contributed by atoms with Gasteiger partial charge in [0, 0.05) is 12.3 Å². The zero-order chi connectivity index (χ0) is 21.1. The Morgan fingerprint density at radius 2 is 1.67 bits per heavy atom. The van der Waals surface area contributed by atoms with E-state index in [9.17, 15) is 14.7 Å². The number of benzene rings is 2. The van der Waals surface area contributed by atoms with Crippen LogP contribution in [-0.4, -0.2) is 23.8 Å². The largest absolute Gasteiger partial charge is 0.481 e. The van der Waals surface area contributed by atoms with E-state index in [2.05, 4.69) is 17.4 Å². The van der Waals surface area contributed by atoms with Crippen LogP contribution < -0.4 is 5.32 Å². The molecule has 0 saturated carbocycles. The van der Waals surface area contributed by atoms with Crippen molar-refractivity contribution in [3.63, 3.8) is 0 Å². The van der Waals surface area contributed by atoms with Crippen LogP contribution in [0.4, 0.5) is 4.79 Å². The Morgan fingerprint density at radius 3 is 2.23 bits per heavy atom. The molecule has 1 unspecified atom stereocenters. The number of rotatable bonds is 7. The van der Waals surface area contributed by atoms with Gasteiger partial charge in [-0.3, -0.25) is 4.79 Å². The highest BCUT2D eigenvalue weighted by atomic mass is 16.5. The molecule has 1 amide bonds. The van der Waals surface area contributed by atoms with Crippen LogP contribution >= 0.6 is 0 Å². The van der Waals surface area contributed by atoms with E-state index in [0.717, 1.165) is 28.0 Å². The molecule has 0 saturated heterocycles. The molecule has 0 aliphatic heterocycles. The molecular formula is C24H23NO5. The number of furan rings is 1. The van der Waals surface area contributed by atoms with Crippen molar-refractivity contribution in [2.45, 2.75) is 31.7 Å². The highest BCUT2D eigenvalue weighted by molar-refractivity contribution is 5.79. The maximum Gasteiger partial charge on any atom is 0.407 e. The van der Waals surface area contributed by atoms with Gasteiger partial charge in [0.2, 0.25) is 0 Å². The Labute approximate surface area is 174 Å². The van der Waals surface area contributed by atoms with Gasteiger partial charge in [0.25, 0.3) is 0 Å². The molecule has 4 rings (SSSR count). The number of ether oxygens (including phenoxy) is 1. The van der Waals surface area contributed by atoms with Crippen LogP contribution in [0, 0.1) is 0 Å². The van der Waals surface area contributed by atoms with E-state index in [1.165, 1.54) is 0 Å². The molecule has 0 fully saturated rings. The van der Waals surface area contributed by atoms with Crippen molar-refractivity contribution in [1.29, 1.82) is 0 Å². The number of carboxylic acid groups (broad SMARTS) is 1. The van der Waals surface area contributed by atoms with E-state index in [0.29, 0.717) is 12.2 Å². The van der Waals surface area contributed by atoms with Crippen molar-refractivity contribution in [3.8, 4) is 11.1 Å². The lowest BCUT2D eigenvalue weighted by Crippen LogP contribution is -2.31. The smallest absolute Gasteiger partial charge is 0.407 e. The average Bonchev–Trinajstić information content (AvgIpc) is 3.35. The Kier molecular flexibility index (Phi) is 5.57. The van der Waals surface area contributed by atoms with Crippen molar-refractivity contribution in [1.82, 2.24) is 5.32 Å². The first-order valence-corrected chi connectivity index (χ1v) is 9.98. The topological polar surface area (TPSA) is 88.8 Å². The zero-order valence-electron chi connectivity index (χ0n) is 16.6. The molecule has 2 aromatic carbocycles. The van der Waals surface area contributed by atoms with Gasteiger partial charge in [-0.15, -0.1) is 0 Å². The summed E-state index contributed by atoms with van der Waals surface area (Å²) in [6.07, 6.45) is -0.274. The molecule has 0 radical (unpaired) electrons. The van der Waals surface area contributed by atoms with E-state index < -0.39 is 18.1 Å². The Hall–Kier alpha value is -3.54. The molecule has 3 aromatic rings. The third-order valence-corrected chi connectivity index (χ3v) is 5.39. The molecule has 1 atom stereocenters. The summed E-state index contributed by atoms with van der Waals surface area (Å²) in [5.41, 5.74) is 4.53. The van der Waals surface area contributed by atoms with E-state index in [-0.39, 0.29) is 18.9 Å². The van der Waals surface area contributed by atoms with Crippen LogP contribution in [0.5, 0.6) is 0 Å². The number of carbonyl (C=O) groups excluding carboxylic acids is 1. The highest BCUT2D eigenvalue weighted by Gasteiger charge is 2.29. The molecular weight excluding hydrogens is 382 g/mol. The summed E-state index contributed by atoms with van der Waals surface area (Å²) < 4.78 is 11.2. The summed E-state index contributed by atoms with van der Waals surface area (Å²) >= 11 is 0. The average molecular weight is 405 g/mol. The molecule has 6 nitrogen and oxygen atoms in total. The predicted molar refractivity (Wildman–Crippen MR) is 111 cm³/mol. The number of carboxylic acids is 1. The summed E-state index contributed by atoms with van der Waals surface area (Å²) in [5.74, 6) is 0.0438. The minimum Gasteiger partial charge on any atom is -0.481 e. The standard InChI is InChI=1S/C24H23NO5/c1-2-15-11-12-22(30-15)21(13-23(26)27)25-24(28)29-14-20-18-9-5-3-7-16(18)17-8-4-6-10-19(17)20/h3-12,20-21H,2,13-14H2,1H3,(H,25,28)(H,26,27). The Balaban J connectivity index is 1.47. The number of hydrogen-bond donors (Lipinski definition) is 2. The van der Waals surface area contributed by atoms with Crippen LogP contribution in [0.2, 0.25) is 0 Å². The SMILES string of the molecule is CCc1ccc(C(CC(=O)O)NC(=O)OCC2c3ccccc3-c3ccccc32)o1. The van der Waals surface area contributed by atoms with E-state index in [4.69, 9.17) is 9.15 Å². The van der Waals surface area contributed by atoms with Crippen LogP contribution in [0.1, 0.15) is 48.0 Å². The third kappa shape index (κ3) is 3.94. The summed E-state index contributed by atoms with van der Waals surface area (Å²) in [4.78, 5) is 23.7. The molecule has 154 valence electrons. The lowest BCUT2D eigenvalue weighted by atomic mass is 9.98. The first-order chi connectivity index (χ1) is 14.6. The fourth-order valence-corrected chi connectivity index (χ4v) is 3.95. The summed E-state index contributed by atoms with van der Waals surface area (Å²) in [6.45, 7) is 2.10. The predicted octanol–water partition coefficient (Wildman–Crippen LogP) is 4.90. The maximum absolute atomic E-state index is 12.5. The van der Waals surface area contributed by atoms with Gasteiger partial charge in [-0.25, -0.2) is 4.79 Å². The van der Waals surface area contributed by atoms with Gasteiger partial charge in [0.1, 0.15) is 24.2 Å². The highest BCUT2D eigenvalue weighted by Crippen LogP contribution is 2.44. The number of hydrogen-bond acceptors (Lipinski definition) is 4. The minimum atomic E-state index is -1.03. The number of aryl methyl sites for hydroxylation is 1. The van der Waals surface area contributed by atoms with Gasteiger partial charge < -0.3 is 19.6 Å². The van der Waals surface area contributed by atoms with E-state index in [1.54, 1.807) is 12.1 Å². The molecule has 0 spiro atoms. The number of carbonyl (C=O) groups is 2. The lowest BCUT2D eigenvalue weighted by molar-refractivity contribution is -0.137. The lowest BCUT2D eigenvalue weighted by Gasteiger charge is -2.17. The molecule has 0 bridgehead atoms. The van der Waals surface area contributed by atoms with E-state index in [1.807, 2.05) is 43.3 Å². The van der Waals surface area contributed by atoms with Gasteiger partial charge >= 0.3 is 12.1 Å². The van der Waals surface area contributed by atoms with Gasteiger partial charge in [-0.1, -0.05) is 55.5 Å². The molecule has 1 heterocycles. The molecule has 1 aliphatic carbocycles. The molecule has 1 aromatic heterocycles. The number of nitrogens with one attached hydrogen (secondary N) is 1. The fourth-order valence-electron chi connectivity index (χ4n) is 3.95. The number of alkyl carbamates (subject to hydrolysis) is 1. The molecule has 30 heavy (non-hydrogen) atoms. The minimum absolute atomic E-state index is 0.0589. The first-order valence-electron chi connectivity index (χ1n) is 9.98. The van der Waals surface area contributed by atoms with Crippen LogP contribution in [0.25, 0.3) is 11.1 Å². The summed E-state index contributed by atoms with van der Waals surface area (Å²) in [7, 11) is 0. The van der Waals surface area contributed by atoms with E-state index >= 15 is 0 Å². The second-order valence-corrected chi connectivity index (χ2v) is 7.28. The van der Waals surface area contributed by atoms with Crippen molar-refractivity contribution >= 4 is 12.1 Å².